The molecule has 2 aromatic heterocycles. The van der Waals surface area contributed by atoms with E-state index in [0.717, 1.165) is 5.56 Å². The Morgan fingerprint density at radius 2 is 2.21 bits per heavy atom. The predicted molar refractivity (Wildman–Crippen MR) is 113 cm³/mol. The summed E-state index contributed by atoms with van der Waals surface area (Å²) in [6.07, 6.45) is 10.9. The van der Waals surface area contributed by atoms with Gasteiger partial charge in [-0.3, -0.25) is 14.8 Å². The van der Waals surface area contributed by atoms with Gasteiger partial charge in [0.25, 0.3) is 0 Å². The summed E-state index contributed by atoms with van der Waals surface area (Å²) >= 11 is 0. The molecule has 3 heterocycles. The first-order chi connectivity index (χ1) is 14.1. The summed E-state index contributed by atoms with van der Waals surface area (Å²) in [6.45, 7) is 2.00. The number of nitrogens with one attached hydrogen (secondary N) is 1. The van der Waals surface area contributed by atoms with Crippen molar-refractivity contribution in [2.24, 2.45) is 10.1 Å². The van der Waals surface area contributed by atoms with Crippen LogP contribution in [0.1, 0.15) is 12.0 Å². The zero-order chi connectivity index (χ0) is 20.6. The fourth-order valence-corrected chi connectivity index (χ4v) is 2.46. The van der Waals surface area contributed by atoms with E-state index >= 15 is 0 Å². The number of hydrazone groups is 1. The maximum absolute atomic E-state index is 12.7. The van der Waals surface area contributed by atoms with Gasteiger partial charge in [0.1, 0.15) is 5.82 Å². The van der Waals surface area contributed by atoms with Gasteiger partial charge in [-0.25, -0.2) is 4.98 Å². The molecule has 0 spiro atoms. The summed E-state index contributed by atoms with van der Waals surface area (Å²) in [5, 5.41) is 13.3. The number of ketones is 1. The third kappa shape index (κ3) is 5.38. The first-order valence-electron chi connectivity index (χ1n) is 9.06. The molecule has 0 aliphatic carbocycles. The second kappa shape index (κ2) is 9.45. The minimum absolute atomic E-state index is 0.0354. The molecular formula is C20H23N7O2. The Balaban J connectivity index is 1.77. The number of Topliss-reactive ketones (excluding diaryl/α,β-unsaturated/α-hetero) is 1. The predicted octanol–water partition coefficient (Wildman–Crippen LogP) is 2.36. The van der Waals surface area contributed by atoms with Crippen molar-refractivity contribution >= 4 is 24.0 Å². The summed E-state index contributed by atoms with van der Waals surface area (Å²) in [5.74, 6) is 1.46. The van der Waals surface area contributed by atoms with Crippen LogP contribution in [0.4, 0.5) is 5.82 Å². The molecule has 150 valence electrons. The summed E-state index contributed by atoms with van der Waals surface area (Å²) in [4.78, 5) is 21.2. The largest absolute Gasteiger partial charge is 0.480 e. The van der Waals surface area contributed by atoms with Crippen molar-refractivity contribution in [1.82, 2.24) is 19.8 Å². The average molecular weight is 393 g/mol. The minimum atomic E-state index is -0.160. The van der Waals surface area contributed by atoms with Crippen LogP contribution in [-0.4, -0.2) is 58.7 Å². The van der Waals surface area contributed by atoms with Gasteiger partial charge in [0.05, 0.1) is 25.4 Å². The fraction of sp³-hybridized carbons (Fsp3) is 0.250. The number of methoxy groups -OCH3 is 1. The fourth-order valence-electron chi connectivity index (χ4n) is 2.46. The summed E-state index contributed by atoms with van der Waals surface area (Å²) < 4.78 is 6.82. The smallest absolute Gasteiger partial charge is 0.235 e. The maximum atomic E-state index is 12.7. The second-order valence-corrected chi connectivity index (χ2v) is 6.31. The molecule has 1 N–H and O–H groups in total. The lowest BCUT2D eigenvalue weighted by atomic mass is 10.2. The molecule has 3 rings (SSSR count). The monoisotopic (exact) mass is 393 g/mol. The van der Waals surface area contributed by atoms with E-state index in [1.807, 2.05) is 31.3 Å². The van der Waals surface area contributed by atoms with E-state index in [4.69, 9.17) is 4.74 Å². The molecule has 9 heteroatoms. The molecular weight excluding hydrogens is 370 g/mol. The Labute approximate surface area is 169 Å². The van der Waals surface area contributed by atoms with Gasteiger partial charge in [0.15, 0.2) is 11.6 Å². The van der Waals surface area contributed by atoms with Gasteiger partial charge in [0.2, 0.25) is 5.88 Å². The molecule has 29 heavy (non-hydrogen) atoms. The Morgan fingerprint density at radius 1 is 1.34 bits per heavy atom. The number of carbonyl (C=O) groups is 1. The molecule has 0 aromatic carbocycles. The SMILES string of the molecule is COc1cc(NCC(=O)C2=C\N=CC/C=C\N(C)/N=C\2)n(-c2ccc(C)cn2)n1. The highest BCUT2D eigenvalue weighted by atomic mass is 16.5. The third-order valence-corrected chi connectivity index (χ3v) is 4.02. The number of aliphatic imine (C=N–C) groups is 1. The number of pyridine rings is 1. The summed E-state index contributed by atoms with van der Waals surface area (Å²) in [7, 11) is 3.33. The van der Waals surface area contributed by atoms with Gasteiger partial charge in [-0.15, -0.1) is 5.10 Å². The van der Waals surface area contributed by atoms with Gasteiger partial charge in [0, 0.05) is 44.3 Å². The molecule has 0 fully saturated rings. The van der Waals surface area contributed by atoms with E-state index in [9.17, 15) is 4.79 Å². The second-order valence-electron chi connectivity index (χ2n) is 6.31. The zero-order valence-electron chi connectivity index (χ0n) is 16.6. The highest BCUT2D eigenvalue weighted by Gasteiger charge is 2.14. The number of ether oxygens (including phenoxy) is 1. The normalized spacial score (nSPS) is 17.9. The topological polar surface area (TPSA) is 97.0 Å². The van der Waals surface area contributed by atoms with Crippen LogP contribution < -0.4 is 10.1 Å². The highest BCUT2D eigenvalue weighted by Crippen LogP contribution is 2.20. The van der Waals surface area contributed by atoms with Gasteiger partial charge < -0.3 is 10.1 Å². The number of aromatic nitrogens is 3. The molecule has 0 bridgehead atoms. The molecule has 0 saturated carbocycles. The Morgan fingerprint density at radius 3 is 2.97 bits per heavy atom. The molecule has 9 nitrogen and oxygen atoms in total. The molecule has 0 unspecified atom stereocenters. The lowest BCUT2D eigenvalue weighted by Gasteiger charge is -2.10. The molecule has 0 atom stereocenters. The lowest BCUT2D eigenvalue weighted by molar-refractivity contribution is -0.113. The van der Waals surface area contributed by atoms with E-state index in [0.29, 0.717) is 29.5 Å². The number of anilines is 1. The van der Waals surface area contributed by atoms with E-state index in [2.05, 4.69) is 25.5 Å². The minimum Gasteiger partial charge on any atom is -0.480 e. The van der Waals surface area contributed by atoms with Crippen LogP contribution >= 0.6 is 0 Å². The van der Waals surface area contributed by atoms with Crippen LogP contribution in [0.5, 0.6) is 5.88 Å². The first-order valence-corrected chi connectivity index (χ1v) is 9.06. The van der Waals surface area contributed by atoms with E-state index in [-0.39, 0.29) is 12.3 Å². The molecule has 1 aliphatic heterocycles. The van der Waals surface area contributed by atoms with Crippen LogP contribution in [0.2, 0.25) is 0 Å². The van der Waals surface area contributed by atoms with Crippen LogP contribution in [0.15, 0.2) is 58.5 Å². The Bertz CT molecular complexity index is 971. The Hall–Kier alpha value is -3.75. The van der Waals surface area contributed by atoms with Gasteiger partial charge >= 0.3 is 0 Å². The van der Waals surface area contributed by atoms with Gasteiger partial charge in [-0.05, 0) is 18.6 Å². The molecule has 0 amide bonds. The van der Waals surface area contributed by atoms with E-state index in [1.165, 1.54) is 19.5 Å². The molecule has 0 saturated heterocycles. The van der Waals surface area contributed by atoms with Crippen LogP contribution in [-0.2, 0) is 4.79 Å². The van der Waals surface area contributed by atoms with Crippen LogP contribution in [0.3, 0.4) is 0 Å². The number of nitrogens with zero attached hydrogens (tertiary/aromatic N) is 6. The highest BCUT2D eigenvalue weighted by molar-refractivity contribution is 6.14. The number of aryl methyl sites for hydroxylation is 1. The van der Waals surface area contributed by atoms with E-state index < -0.39 is 0 Å². The maximum Gasteiger partial charge on any atom is 0.235 e. The van der Waals surface area contributed by atoms with Gasteiger partial charge in [-0.2, -0.15) is 9.78 Å². The van der Waals surface area contributed by atoms with Crippen molar-refractivity contribution in [1.29, 1.82) is 0 Å². The third-order valence-electron chi connectivity index (χ3n) is 4.02. The number of rotatable bonds is 6. The van der Waals surface area contributed by atoms with Crippen LogP contribution in [0.25, 0.3) is 5.82 Å². The lowest BCUT2D eigenvalue weighted by Crippen LogP contribution is -2.19. The number of carbonyl (C=O) groups excluding carboxylic acids is 1. The van der Waals surface area contributed by atoms with Crippen molar-refractivity contribution in [3.63, 3.8) is 0 Å². The van der Waals surface area contributed by atoms with E-state index in [1.54, 1.807) is 35.2 Å². The molecule has 2 aromatic rings. The quantitative estimate of drug-likeness (QED) is 0.809. The van der Waals surface area contributed by atoms with Crippen molar-refractivity contribution in [3.8, 4) is 11.7 Å². The number of hydrogen-bond acceptors (Lipinski definition) is 8. The van der Waals surface area contributed by atoms with Crippen LogP contribution in [0, 0.1) is 6.92 Å². The first kappa shape index (κ1) is 20.0. The zero-order valence-corrected chi connectivity index (χ0v) is 16.6. The molecule has 0 radical (unpaired) electrons. The number of hydrogen-bond donors (Lipinski definition) is 1. The Kier molecular flexibility index (Phi) is 6.51. The van der Waals surface area contributed by atoms with Crippen molar-refractivity contribution in [3.05, 3.63) is 54.0 Å². The number of allylic oxidation sites excluding steroid dienone is 1. The van der Waals surface area contributed by atoms with Gasteiger partial charge in [-0.1, -0.05) is 12.1 Å². The van der Waals surface area contributed by atoms with Crippen molar-refractivity contribution < 1.29 is 9.53 Å². The van der Waals surface area contributed by atoms with Crippen molar-refractivity contribution in [2.45, 2.75) is 13.3 Å². The van der Waals surface area contributed by atoms with Crippen molar-refractivity contribution in [2.75, 3.05) is 26.0 Å². The standard InChI is InChI=1S/C20H23N7O2/c1-15-6-7-18(22-11-15)27-19(10-20(25-27)29-3)23-14-17(28)16-12-21-8-4-5-9-26(2)24-13-16/h5-13,23H,4,14H2,1-3H3/b9-5-,16-12-,21-8?,24-13-. The average Bonchev–Trinajstić information content (AvgIpc) is 3.15. The summed E-state index contributed by atoms with van der Waals surface area (Å²) in [6, 6.07) is 5.50. The summed E-state index contributed by atoms with van der Waals surface area (Å²) in [5.41, 5.74) is 1.43. The molecule has 1 aliphatic rings.